The van der Waals surface area contributed by atoms with Gasteiger partial charge in [0.25, 0.3) is 0 Å². The van der Waals surface area contributed by atoms with E-state index in [9.17, 15) is 0 Å². The van der Waals surface area contributed by atoms with Crippen LogP contribution in [0, 0.1) is 0 Å². The molecular weight excluding hydrogens is 138 g/mol. The lowest BCUT2D eigenvalue weighted by molar-refractivity contribution is 0.841. The molecule has 0 amide bonds. The Labute approximate surface area is 60.3 Å². The molecule has 1 rings (SSSR count). The standard InChI is InChI=1S/C5H9N3.ClH/c1-2-3-5-6-4-7-8-5;/h4H,2-3H2,1H3,(H,6,7,8);1H. The second-order valence-electron chi connectivity index (χ2n) is 1.68. The molecule has 0 aliphatic heterocycles. The molecule has 0 radical (unpaired) electrons. The van der Waals surface area contributed by atoms with Crippen LogP contribution in [0.5, 0.6) is 0 Å². The molecule has 4 heteroatoms. The van der Waals surface area contributed by atoms with Crippen LogP contribution in [0.15, 0.2) is 6.33 Å². The van der Waals surface area contributed by atoms with Gasteiger partial charge in [0.2, 0.25) is 0 Å². The van der Waals surface area contributed by atoms with Crippen molar-refractivity contribution in [3.05, 3.63) is 12.2 Å². The number of aromatic amines is 1. The molecule has 0 spiro atoms. The summed E-state index contributed by atoms with van der Waals surface area (Å²) >= 11 is 0. The van der Waals surface area contributed by atoms with Crippen LogP contribution in [0.1, 0.15) is 19.2 Å². The van der Waals surface area contributed by atoms with Gasteiger partial charge in [-0.05, 0) is 6.42 Å². The second-order valence-corrected chi connectivity index (χ2v) is 1.68. The molecule has 0 fully saturated rings. The summed E-state index contributed by atoms with van der Waals surface area (Å²) in [6.45, 7) is 2.11. The molecule has 0 bridgehead atoms. The van der Waals surface area contributed by atoms with Gasteiger partial charge in [0.15, 0.2) is 0 Å². The molecule has 1 N–H and O–H groups in total. The third kappa shape index (κ3) is 2.46. The zero-order valence-electron chi connectivity index (χ0n) is 5.29. The normalized spacial score (nSPS) is 8.56. The van der Waals surface area contributed by atoms with E-state index in [1.165, 1.54) is 6.33 Å². The van der Waals surface area contributed by atoms with Crippen molar-refractivity contribution in [2.24, 2.45) is 0 Å². The van der Waals surface area contributed by atoms with E-state index in [0.29, 0.717) is 0 Å². The Morgan fingerprint density at radius 2 is 2.44 bits per heavy atom. The van der Waals surface area contributed by atoms with Crippen molar-refractivity contribution in [1.29, 1.82) is 0 Å². The molecular formula is C5H10ClN3. The van der Waals surface area contributed by atoms with Gasteiger partial charge in [0, 0.05) is 6.42 Å². The molecule has 1 aromatic heterocycles. The maximum absolute atomic E-state index is 3.94. The third-order valence-corrected chi connectivity index (χ3v) is 0.952. The van der Waals surface area contributed by atoms with Crippen molar-refractivity contribution in [2.45, 2.75) is 19.8 Å². The van der Waals surface area contributed by atoms with E-state index in [4.69, 9.17) is 0 Å². The first kappa shape index (κ1) is 8.43. The minimum absolute atomic E-state index is 0. The smallest absolute Gasteiger partial charge is 0.137 e. The fourth-order valence-corrected chi connectivity index (χ4v) is 0.588. The molecule has 0 saturated heterocycles. The largest absolute Gasteiger partial charge is 0.263 e. The van der Waals surface area contributed by atoms with E-state index >= 15 is 0 Å². The highest BCUT2D eigenvalue weighted by Gasteiger charge is 1.88. The lowest BCUT2D eigenvalue weighted by atomic mass is 10.3. The summed E-state index contributed by atoms with van der Waals surface area (Å²) in [5.41, 5.74) is 0. The van der Waals surface area contributed by atoms with Crippen LogP contribution in [0.3, 0.4) is 0 Å². The lowest BCUT2D eigenvalue weighted by Gasteiger charge is -1.84. The molecule has 9 heavy (non-hydrogen) atoms. The highest BCUT2D eigenvalue weighted by molar-refractivity contribution is 5.85. The molecule has 1 aromatic rings. The summed E-state index contributed by atoms with van der Waals surface area (Å²) in [7, 11) is 0. The van der Waals surface area contributed by atoms with Crippen molar-refractivity contribution in [2.75, 3.05) is 0 Å². The fourth-order valence-electron chi connectivity index (χ4n) is 0.588. The molecule has 1 heterocycles. The zero-order chi connectivity index (χ0) is 5.82. The van der Waals surface area contributed by atoms with Gasteiger partial charge in [-0.15, -0.1) is 12.4 Å². The Hall–Kier alpha value is -0.570. The number of halogens is 1. The Balaban J connectivity index is 0.000000640. The van der Waals surface area contributed by atoms with Crippen LogP contribution in [-0.4, -0.2) is 15.2 Å². The van der Waals surface area contributed by atoms with Gasteiger partial charge in [-0.2, -0.15) is 5.10 Å². The molecule has 0 aromatic carbocycles. The van der Waals surface area contributed by atoms with E-state index < -0.39 is 0 Å². The lowest BCUT2D eigenvalue weighted by Crippen LogP contribution is -1.84. The predicted molar refractivity (Wildman–Crippen MR) is 37.6 cm³/mol. The van der Waals surface area contributed by atoms with E-state index in [2.05, 4.69) is 22.1 Å². The second kappa shape index (κ2) is 4.32. The van der Waals surface area contributed by atoms with Gasteiger partial charge in [-0.25, -0.2) is 4.98 Å². The first-order chi connectivity index (χ1) is 3.93. The summed E-state index contributed by atoms with van der Waals surface area (Å²) in [4.78, 5) is 3.94. The van der Waals surface area contributed by atoms with Gasteiger partial charge < -0.3 is 0 Å². The number of nitrogens with one attached hydrogen (secondary N) is 1. The molecule has 0 atom stereocenters. The van der Waals surface area contributed by atoms with Crippen LogP contribution < -0.4 is 0 Å². The highest BCUT2D eigenvalue weighted by Crippen LogP contribution is 1.89. The van der Waals surface area contributed by atoms with E-state index in [1.54, 1.807) is 0 Å². The van der Waals surface area contributed by atoms with Crippen LogP contribution in [-0.2, 0) is 6.42 Å². The number of aromatic nitrogens is 3. The summed E-state index contributed by atoms with van der Waals surface area (Å²) in [6, 6.07) is 0. The summed E-state index contributed by atoms with van der Waals surface area (Å²) < 4.78 is 0. The van der Waals surface area contributed by atoms with E-state index in [0.717, 1.165) is 18.7 Å². The number of hydrogen-bond donors (Lipinski definition) is 1. The van der Waals surface area contributed by atoms with Crippen molar-refractivity contribution in [3.63, 3.8) is 0 Å². The number of H-pyrrole nitrogens is 1. The van der Waals surface area contributed by atoms with Crippen molar-refractivity contribution < 1.29 is 0 Å². The molecule has 52 valence electrons. The van der Waals surface area contributed by atoms with Crippen LogP contribution in [0.25, 0.3) is 0 Å². The average Bonchev–Trinajstić information content (AvgIpc) is 2.19. The van der Waals surface area contributed by atoms with E-state index in [-0.39, 0.29) is 12.4 Å². The zero-order valence-corrected chi connectivity index (χ0v) is 6.11. The quantitative estimate of drug-likeness (QED) is 0.683. The van der Waals surface area contributed by atoms with Gasteiger partial charge in [-0.1, -0.05) is 6.92 Å². The monoisotopic (exact) mass is 147 g/mol. The summed E-state index contributed by atoms with van der Waals surface area (Å²) in [5, 5.41) is 6.48. The van der Waals surface area contributed by atoms with Crippen molar-refractivity contribution in [1.82, 2.24) is 15.2 Å². The Kier molecular flexibility index (Phi) is 4.05. The number of aryl methyl sites for hydroxylation is 1. The maximum atomic E-state index is 3.94. The first-order valence-corrected chi connectivity index (χ1v) is 2.77. The number of rotatable bonds is 2. The average molecular weight is 148 g/mol. The van der Waals surface area contributed by atoms with Gasteiger partial charge in [0.1, 0.15) is 12.2 Å². The third-order valence-electron chi connectivity index (χ3n) is 0.952. The summed E-state index contributed by atoms with van der Waals surface area (Å²) in [5.74, 6) is 0.979. The minimum atomic E-state index is 0. The van der Waals surface area contributed by atoms with Crippen molar-refractivity contribution >= 4 is 12.4 Å². The summed E-state index contributed by atoms with van der Waals surface area (Å²) in [6.07, 6.45) is 3.65. The SMILES string of the molecule is CCCc1ncn[nH]1.Cl. The molecule has 0 aliphatic carbocycles. The van der Waals surface area contributed by atoms with Gasteiger partial charge in [0.05, 0.1) is 0 Å². The predicted octanol–water partition coefficient (Wildman–Crippen LogP) is 1.18. The molecule has 0 saturated carbocycles. The first-order valence-electron chi connectivity index (χ1n) is 2.77. The fraction of sp³-hybridized carbons (Fsp3) is 0.600. The van der Waals surface area contributed by atoms with E-state index in [1.807, 2.05) is 0 Å². The maximum Gasteiger partial charge on any atom is 0.137 e. The molecule has 3 nitrogen and oxygen atoms in total. The van der Waals surface area contributed by atoms with Gasteiger partial charge >= 0.3 is 0 Å². The van der Waals surface area contributed by atoms with Crippen LogP contribution in [0.4, 0.5) is 0 Å². The molecule has 0 aliphatic rings. The highest BCUT2D eigenvalue weighted by atomic mass is 35.5. The Morgan fingerprint density at radius 1 is 1.67 bits per heavy atom. The van der Waals surface area contributed by atoms with Crippen LogP contribution >= 0.6 is 12.4 Å². The number of nitrogens with zero attached hydrogens (tertiary/aromatic N) is 2. The number of hydrogen-bond acceptors (Lipinski definition) is 2. The minimum Gasteiger partial charge on any atom is -0.263 e. The Bertz CT molecular complexity index is 138. The van der Waals surface area contributed by atoms with Gasteiger partial charge in [-0.3, -0.25) is 5.10 Å². The Morgan fingerprint density at radius 3 is 2.89 bits per heavy atom. The topological polar surface area (TPSA) is 41.6 Å². The van der Waals surface area contributed by atoms with Crippen LogP contribution in [0.2, 0.25) is 0 Å². The van der Waals surface area contributed by atoms with Crippen molar-refractivity contribution in [3.8, 4) is 0 Å². The molecule has 0 unspecified atom stereocenters.